The Balaban J connectivity index is 1.70. The standard InChI is InChI=1S/C21H19FN4O5/c1-29-18-6-14(5-17(28)19(18)30-2)24-21-23-7-16(22)20(25-21)26-8-13(10-27)15(9-26)12-3-4-31-11-12/h3-9,11,27-28H,10H2,1-2H3,(H,23,24,25). The van der Waals surface area contributed by atoms with Crippen molar-refractivity contribution in [3.05, 3.63) is 60.7 Å². The van der Waals surface area contributed by atoms with Crippen LogP contribution in [0.1, 0.15) is 5.56 Å². The maximum absolute atomic E-state index is 14.5. The molecule has 0 atom stereocenters. The van der Waals surface area contributed by atoms with E-state index >= 15 is 0 Å². The van der Waals surface area contributed by atoms with Crippen molar-refractivity contribution >= 4 is 11.6 Å². The molecule has 4 aromatic rings. The molecule has 3 heterocycles. The van der Waals surface area contributed by atoms with E-state index in [4.69, 9.17) is 13.9 Å². The van der Waals surface area contributed by atoms with E-state index in [1.807, 2.05) is 0 Å². The first kappa shape index (κ1) is 20.2. The lowest BCUT2D eigenvalue weighted by Gasteiger charge is -2.13. The molecule has 4 rings (SSSR count). The summed E-state index contributed by atoms with van der Waals surface area (Å²) in [7, 11) is 2.85. The first-order valence-corrected chi connectivity index (χ1v) is 9.13. The number of phenols is 1. The Morgan fingerprint density at radius 1 is 1.23 bits per heavy atom. The van der Waals surface area contributed by atoms with Gasteiger partial charge >= 0.3 is 0 Å². The number of benzene rings is 1. The summed E-state index contributed by atoms with van der Waals surface area (Å²) in [6, 6.07) is 4.73. The van der Waals surface area contributed by atoms with Gasteiger partial charge in [0.15, 0.2) is 23.1 Å². The van der Waals surface area contributed by atoms with Crippen molar-refractivity contribution in [3.8, 4) is 34.2 Å². The van der Waals surface area contributed by atoms with Gasteiger partial charge in [-0.3, -0.25) is 0 Å². The summed E-state index contributed by atoms with van der Waals surface area (Å²) < 4.78 is 31.4. The van der Waals surface area contributed by atoms with Crippen LogP contribution in [0.3, 0.4) is 0 Å². The molecule has 0 saturated heterocycles. The second-order valence-corrected chi connectivity index (χ2v) is 6.50. The molecule has 3 aromatic heterocycles. The van der Waals surface area contributed by atoms with E-state index in [0.29, 0.717) is 22.6 Å². The van der Waals surface area contributed by atoms with Gasteiger partial charge in [-0.25, -0.2) is 9.37 Å². The van der Waals surface area contributed by atoms with Crippen LogP contribution in [0.2, 0.25) is 0 Å². The molecule has 0 fully saturated rings. The highest BCUT2D eigenvalue weighted by molar-refractivity contribution is 5.67. The molecule has 3 N–H and O–H groups in total. The number of furan rings is 1. The molecule has 0 amide bonds. The first-order valence-electron chi connectivity index (χ1n) is 9.13. The van der Waals surface area contributed by atoms with Crippen LogP contribution in [0.25, 0.3) is 16.9 Å². The Bertz CT molecular complexity index is 1210. The van der Waals surface area contributed by atoms with Crippen molar-refractivity contribution in [1.29, 1.82) is 0 Å². The number of aliphatic hydroxyl groups excluding tert-OH is 1. The number of nitrogens with one attached hydrogen (secondary N) is 1. The summed E-state index contributed by atoms with van der Waals surface area (Å²) in [4.78, 5) is 8.20. The van der Waals surface area contributed by atoms with Gasteiger partial charge < -0.3 is 34.0 Å². The number of aliphatic hydroxyl groups is 1. The molecule has 0 saturated carbocycles. The molecule has 9 nitrogen and oxygen atoms in total. The zero-order valence-electron chi connectivity index (χ0n) is 16.7. The second kappa shape index (κ2) is 8.36. The van der Waals surface area contributed by atoms with E-state index in [1.165, 1.54) is 37.4 Å². The molecule has 0 aliphatic rings. The van der Waals surface area contributed by atoms with Crippen LogP contribution in [-0.4, -0.2) is 39.0 Å². The Morgan fingerprint density at radius 2 is 2.06 bits per heavy atom. The minimum atomic E-state index is -0.654. The molecule has 0 spiro atoms. The Hall–Kier alpha value is -4.05. The van der Waals surface area contributed by atoms with Crippen LogP contribution < -0.4 is 14.8 Å². The van der Waals surface area contributed by atoms with E-state index in [9.17, 15) is 14.6 Å². The zero-order valence-corrected chi connectivity index (χ0v) is 16.7. The summed E-state index contributed by atoms with van der Waals surface area (Å²) in [6.45, 7) is -0.240. The van der Waals surface area contributed by atoms with Crippen molar-refractivity contribution in [2.75, 3.05) is 19.5 Å². The summed E-state index contributed by atoms with van der Waals surface area (Å²) in [5.41, 5.74) is 2.43. The number of halogens is 1. The van der Waals surface area contributed by atoms with Gasteiger partial charge in [0.25, 0.3) is 0 Å². The lowest BCUT2D eigenvalue weighted by Crippen LogP contribution is -2.05. The number of rotatable bonds is 7. The molecule has 10 heteroatoms. The number of hydrogen-bond acceptors (Lipinski definition) is 8. The maximum Gasteiger partial charge on any atom is 0.229 e. The molecule has 0 radical (unpaired) electrons. The van der Waals surface area contributed by atoms with Crippen molar-refractivity contribution < 1.29 is 28.5 Å². The van der Waals surface area contributed by atoms with Gasteiger partial charge in [-0.15, -0.1) is 0 Å². The first-order chi connectivity index (χ1) is 15.0. The molecule has 0 aliphatic carbocycles. The van der Waals surface area contributed by atoms with E-state index in [-0.39, 0.29) is 29.9 Å². The van der Waals surface area contributed by atoms with Crippen LogP contribution in [0.15, 0.2) is 53.7 Å². The predicted octanol–water partition coefficient (Wildman–Crippen LogP) is 3.63. The number of hydrogen-bond donors (Lipinski definition) is 3. The monoisotopic (exact) mass is 426 g/mol. The molecule has 0 bridgehead atoms. The predicted molar refractivity (Wildman–Crippen MR) is 109 cm³/mol. The number of phenolic OH excluding ortho intramolecular Hbond substituents is 1. The van der Waals surface area contributed by atoms with Crippen LogP contribution in [0.4, 0.5) is 16.0 Å². The van der Waals surface area contributed by atoms with Gasteiger partial charge in [-0.2, -0.15) is 4.98 Å². The van der Waals surface area contributed by atoms with Crippen LogP contribution >= 0.6 is 0 Å². The van der Waals surface area contributed by atoms with E-state index in [1.54, 1.807) is 24.5 Å². The van der Waals surface area contributed by atoms with Crippen molar-refractivity contribution in [3.63, 3.8) is 0 Å². The normalized spacial score (nSPS) is 10.8. The van der Waals surface area contributed by atoms with Crippen LogP contribution in [-0.2, 0) is 6.61 Å². The highest BCUT2D eigenvalue weighted by Crippen LogP contribution is 2.39. The lowest BCUT2D eigenvalue weighted by atomic mass is 10.1. The second-order valence-electron chi connectivity index (χ2n) is 6.50. The third kappa shape index (κ3) is 3.88. The fourth-order valence-corrected chi connectivity index (χ4v) is 3.17. The highest BCUT2D eigenvalue weighted by atomic mass is 19.1. The third-order valence-electron chi connectivity index (χ3n) is 4.60. The van der Waals surface area contributed by atoms with Gasteiger partial charge in [-0.05, 0) is 6.07 Å². The Kier molecular flexibility index (Phi) is 5.46. The molecule has 0 unspecified atom stereocenters. The number of ether oxygens (including phenoxy) is 2. The summed E-state index contributed by atoms with van der Waals surface area (Å²) in [6.07, 6.45) is 7.31. The third-order valence-corrected chi connectivity index (χ3v) is 4.60. The largest absolute Gasteiger partial charge is 0.504 e. The lowest BCUT2D eigenvalue weighted by molar-refractivity contribution is 0.282. The zero-order chi connectivity index (χ0) is 22.0. The summed E-state index contributed by atoms with van der Waals surface area (Å²) in [5.74, 6) is -0.244. The van der Waals surface area contributed by atoms with E-state index in [2.05, 4.69) is 15.3 Å². The Morgan fingerprint density at radius 3 is 2.74 bits per heavy atom. The molecular formula is C21H19FN4O5. The maximum atomic E-state index is 14.5. The summed E-state index contributed by atoms with van der Waals surface area (Å²) in [5, 5.41) is 22.7. The van der Waals surface area contributed by atoms with Crippen LogP contribution in [0.5, 0.6) is 17.2 Å². The number of anilines is 2. The Labute approximate surface area is 176 Å². The van der Waals surface area contributed by atoms with Gasteiger partial charge in [0.05, 0.1) is 39.5 Å². The quantitative estimate of drug-likeness (QED) is 0.410. The number of aromatic hydroxyl groups is 1. The fourth-order valence-electron chi connectivity index (χ4n) is 3.17. The topological polar surface area (TPSA) is 115 Å². The molecule has 0 aliphatic heterocycles. The average Bonchev–Trinajstić information content (AvgIpc) is 3.44. The van der Waals surface area contributed by atoms with E-state index in [0.717, 1.165) is 11.8 Å². The van der Waals surface area contributed by atoms with Crippen molar-refractivity contribution in [2.45, 2.75) is 6.61 Å². The van der Waals surface area contributed by atoms with Crippen molar-refractivity contribution in [2.24, 2.45) is 0 Å². The minimum Gasteiger partial charge on any atom is -0.504 e. The average molecular weight is 426 g/mol. The molecular weight excluding hydrogens is 407 g/mol. The van der Waals surface area contributed by atoms with Gasteiger partial charge in [0.1, 0.15) is 0 Å². The SMILES string of the molecule is COc1cc(Nc2ncc(F)c(-n3cc(CO)c(-c4ccoc4)c3)n2)cc(O)c1OC. The molecule has 1 aromatic carbocycles. The van der Waals surface area contributed by atoms with Gasteiger partial charge in [-0.1, -0.05) is 0 Å². The van der Waals surface area contributed by atoms with Crippen LogP contribution in [0, 0.1) is 5.82 Å². The fraction of sp³-hybridized carbons (Fsp3) is 0.143. The highest BCUT2D eigenvalue weighted by Gasteiger charge is 2.16. The van der Waals surface area contributed by atoms with Crippen molar-refractivity contribution in [1.82, 2.24) is 14.5 Å². The number of methoxy groups -OCH3 is 2. The summed E-state index contributed by atoms with van der Waals surface area (Å²) >= 11 is 0. The minimum absolute atomic E-state index is 0.0216. The molecule has 160 valence electrons. The number of aromatic nitrogens is 3. The number of nitrogens with zero attached hydrogens (tertiary/aromatic N) is 3. The van der Waals surface area contributed by atoms with Gasteiger partial charge in [0, 0.05) is 46.9 Å². The smallest absolute Gasteiger partial charge is 0.229 e. The van der Waals surface area contributed by atoms with Gasteiger partial charge in [0.2, 0.25) is 11.7 Å². The van der Waals surface area contributed by atoms with E-state index < -0.39 is 5.82 Å². The molecule has 31 heavy (non-hydrogen) atoms.